The predicted molar refractivity (Wildman–Crippen MR) is 88.1 cm³/mol. The first-order valence-electron chi connectivity index (χ1n) is 7.77. The number of aryl methyl sites for hydroxylation is 2. The van der Waals surface area contributed by atoms with Crippen LogP contribution in [0, 0.1) is 0 Å². The number of carbonyl (C=O) groups excluding carboxylic acids is 1. The molecule has 1 N–H and O–H groups in total. The van der Waals surface area contributed by atoms with Gasteiger partial charge in [-0.25, -0.2) is 9.97 Å². The van der Waals surface area contributed by atoms with E-state index in [0.29, 0.717) is 12.1 Å². The molecule has 0 aliphatic heterocycles. The molecule has 1 aromatic carbocycles. The molecular formula is C17H19N5O. The molecule has 1 amide bonds. The average Bonchev–Trinajstić information content (AvgIpc) is 3.02. The van der Waals surface area contributed by atoms with Crippen LogP contribution in [0.2, 0.25) is 0 Å². The Bertz CT molecular complexity index is 794. The lowest BCUT2D eigenvalue weighted by Crippen LogP contribution is -2.25. The molecule has 0 unspecified atom stereocenters. The number of aromatic nitrogens is 4. The van der Waals surface area contributed by atoms with Gasteiger partial charge in [0.1, 0.15) is 5.82 Å². The molecule has 23 heavy (non-hydrogen) atoms. The van der Waals surface area contributed by atoms with Crippen LogP contribution in [0.1, 0.15) is 29.5 Å². The summed E-state index contributed by atoms with van der Waals surface area (Å²) in [5.74, 6) is 0.602. The number of rotatable bonds is 6. The second kappa shape index (κ2) is 7.00. The van der Waals surface area contributed by atoms with Crippen molar-refractivity contribution in [2.45, 2.75) is 26.3 Å². The number of benzene rings is 1. The van der Waals surface area contributed by atoms with Crippen molar-refractivity contribution in [2.24, 2.45) is 0 Å². The van der Waals surface area contributed by atoms with Crippen molar-refractivity contribution < 1.29 is 4.79 Å². The molecule has 118 valence electrons. The molecule has 0 fully saturated rings. The minimum Gasteiger partial charge on any atom is -0.352 e. The minimum absolute atomic E-state index is 0.141. The molecule has 6 heteroatoms. The van der Waals surface area contributed by atoms with Crippen molar-refractivity contribution in [3.8, 4) is 0 Å². The summed E-state index contributed by atoms with van der Waals surface area (Å²) in [7, 11) is 0. The Kier molecular flexibility index (Phi) is 4.61. The van der Waals surface area contributed by atoms with Crippen molar-refractivity contribution in [3.63, 3.8) is 0 Å². The average molecular weight is 309 g/mol. The first-order valence-corrected chi connectivity index (χ1v) is 7.77. The number of hydrogen-bond donors (Lipinski definition) is 1. The topological polar surface area (TPSA) is 72.7 Å². The third kappa shape index (κ3) is 3.53. The Hall–Kier alpha value is -2.76. The maximum Gasteiger partial charge on any atom is 0.254 e. The highest BCUT2D eigenvalue weighted by atomic mass is 16.1. The smallest absolute Gasteiger partial charge is 0.254 e. The Balaban J connectivity index is 1.50. The molecule has 2 aromatic heterocycles. The number of hydrogen-bond acceptors (Lipinski definition) is 4. The van der Waals surface area contributed by atoms with E-state index >= 15 is 0 Å². The molecule has 0 aliphatic rings. The van der Waals surface area contributed by atoms with Gasteiger partial charge in [-0.15, -0.1) is 0 Å². The molecule has 0 radical (unpaired) electrons. The van der Waals surface area contributed by atoms with Crippen LogP contribution >= 0.6 is 0 Å². The van der Waals surface area contributed by atoms with E-state index in [-0.39, 0.29) is 5.91 Å². The predicted octanol–water partition coefficient (Wildman–Crippen LogP) is 2.21. The Labute approximate surface area is 134 Å². The Morgan fingerprint density at radius 3 is 2.74 bits per heavy atom. The van der Waals surface area contributed by atoms with Gasteiger partial charge in [-0.1, -0.05) is 25.1 Å². The van der Waals surface area contributed by atoms with Crippen LogP contribution in [0.25, 0.3) is 10.9 Å². The van der Waals surface area contributed by atoms with E-state index < -0.39 is 0 Å². The van der Waals surface area contributed by atoms with Crippen molar-refractivity contribution in [1.29, 1.82) is 0 Å². The molecule has 3 rings (SSSR count). The molecule has 3 aromatic rings. The van der Waals surface area contributed by atoms with Crippen LogP contribution in [-0.4, -0.2) is 32.2 Å². The zero-order valence-corrected chi connectivity index (χ0v) is 13.1. The third-order valence-corrected chi connectivity index (χ3v) is 3.67. The SMILES string of the molecule is CCc1ncc(C(=O)NCCCn2ncc3ccccc32)cn1. The van der Waals surface area contributed by atoms with E-state index in [1.165, 1.54) is 0 Å². The van der Waals surface area contributed by atoms with E-state index in [1.54, 1.807) is 12.4 Å². The standard InChI is InChI=1S/C17H19N5O/c1-2-16-19-10-14(11-20-16)17(23)18-8-5-9-22-15-7-4-3-6-13(15)12-21-22/h3-4,6-7,10-12H,2,5,8-9H2,1H3,(H,18,23). The number of carbonyl (C=O) groups is 1. The maximum atomic E-state index is 12.0. The van der Waals surface area contributed by atoms with Crippen LogP contribution in [-0.2, 0) is 13.0 Å². The zero-order valence-electron chi connectivity index (χ0n) is 13.1. The van der Waals surface area contributed by atoms with Gasteiger partial charge in [0.25, 0.3) is 5.91 Å². The van der Waals surface area contributed by atoms with Crippen molar-refractivity contribution >= 4 is 16.8 Å². The van der Waals surface area contributed by atoms with Gasteiger partial charge in [0.2, 0.25) is 0 Å². The normalized spacial score (nSPS) is 10.8. The summed E-state index contributed by atoms with van der Waals surface area (Å²) in [5.41, 5.74) is 1.61. The summed E-state index contributed by atoms with van der Waals surface area (Å²) in [6, 6.07) is 8.09. The van der Waals surface area contributed by atoms with Crippen LogP contribution in [0.15, 0.2) is 42.9 Å². The summed E-state index contributed by atoms with van der Waals surface area (Å²) < 4.78 is 1.96. The summed E-state index contributed by atoms with van der Waals surface area (Å²) in [5, 5.41) is 8.39. The molecule has 0 saturated carbocycles. The van der Waals surface area contributed by atoms with Crippen molar-refractivity contribution in [1.82, 2.24) is 25.1 Å². The summed E-state index contributed by atoms with van der Waals surface area (Å²) in [4.78, 5) is 20.3. The fourth-order valence-corrected chi connectivity index (χ4v) is 2.39. The molecule has 0 bridgehead atoms. The van der Waals surface area contributed by atoms with E-state index in [4.69, 9.17) is 0 Å². The van der Waals surface area contributed by atoms with E-state index in [9.17, 15) is 4.79 Å². The monoisotopic (exact) mass is 309 g/mol. The Morgan fingerprint density at radius 2 is 1.96 bits per heavy atom. The summed E-state index contributed by atoms with van der Waals surface area (Å²) >= 11 is 0. The van der Waals surface area contributed by atoms with Gasteiger partial charge in [0.15, 0.2) is 0 Å². The summed E-state index contributed by atoms with van der Waals surface area (Å²) in [6.45, 7) is 3.33. The molecule has 0 spiro atoms. The number of para-hydroxylation sites is 1. The molecular weight excluding hydrogens is 290 g/mol. The highest BCUT2D eigenvalue weighted by Crippen LogP contribution is 2.12. The van der Waals surface area contributed by atoms with Crippen molar-refractivity contribution in [2.75, 3.05) is 6.54 Å². The second-order valence-electron chi connectivity index (χ2n) is 5.28. The lowest BCUT2D eigenvalue weighted by atomic mass is 10.2. The van der Waals surface area contributed by atoms with Gasteiger partial charge in [0, 0.05) is 37.3 Å². The fourth-order valence-electron chi connectivity index (χ4n) is 2.39. The number of nitrogens with zero attached hydrogens (tertiary/aromatic N) is 4. The highest BCUT2D eigenvalue weighted by Gasteiger charge is 2.06. The fraction of sp³-hybridized carbons (Fsp3) is 0.294. The van der Waals surface area contributed by atoms with Crippen LogP contribution in [0.5, 0.6) is 0 Å². The second-order valence-corrected chi connectivity index (χ2v) is 5.28. The molecule has 0 aliphatic carbocycles. The van der Waals surface area contributed by atoms with Gasteiger partial charge >= 0.3 is 0 Å². The van der Waals surface area contributed by atoms with E-state index in [0.717, 1.165) is 36.1 Å². The lowest BCUT2D eigenvalue weighted by Gasteiger charge is -2.06. The van der Waals surface area contributed by atoms with Gasteiger partial charge < -0.3 is 5.32 Å². The van der Waals surface area contributed by atoms with Gasteiger partial charge in [0.05, 0.1) is 17.3 Å². The molecule has 0 saturated heterocycles. The quantitative estimate of drug-likeness (QED) is 0.709. The molecule has 6 nitrogen and oxygen atoms in total. The first kappa shape index (κ1) is 15.1. The number of fused-ring (bicyclic) bond motifs is 1. The largest absolute Gasteiger partial charge is 0.352 e. The van der Waals surface area contributed by atoms with Crippen LogP contribution in [0.4, 0.5) is 0 Å². The van der Waals surface area contributed by atoms with Gasteiger partial charge in [-0.05, 0) is 12.5 Å². The minimum atomic E-state index is -0.141. The van der Waals surface area contributed by atoms with E-state index in [2.05, 4.69) is 20.4 Å². The molecule has 0 atom stereocenters. The third-order valence-electron chi connectivity index (χ3n) is 3.67. The van der Waals surface area contributed by atoms with Gasteiger partial charge in [-0.2, -0.15) is 5.10 Å². The van der Waals surface area contributed by atoms with Crippen LogP contribution in [0.3, 0.4) is 0 Å². The maximum absolute atomic E-state index is 12.0. The first-order chi connectivity index (χ1) is 11.3. The highest BCUT2D eigenvalue weighted by molar-refractivity contribution is 5.93. The number of amides is 1. The van der Waals surface area contributed by atoms with E-state index in [1.807, 2.05) is 42.1 Å². The van der Waals surface area contributed by atoms with Crippen molar-refractivity contribution in [3.05, 3.63) is 54.2 Å². The lowest BCUT2D eigenvalue weighted by molar-refractivity contribution is 0.0952. The van der Waals surface area contributed by atoms with Crippen LogP contribution < -0.4 is 5.32 Å². The summed E-state index contributed by atoms with van der Waals surface area (Å²) in [6.07, 6.45) is 6.58. The number of nitrogens with one attached hydrogen (secondary N) is 1. The molecule has 2 heterocycles. The van der Waals surface area contributed by atoms with Gasteiger partial charge in [-0.3, -0.25) is 9.48 Å². The zero-order chi connectivity index (χ0) is 16.1. The Morgan fingerprint density at radius 1 is 1.17 bits per heavy atom.